The van der Waals surface area contributed by atoms with Crippen LogP contribution in [-0.4, -0.2) is 14.2 Å². The van der Waals surface area contributed by atoms with Gasteiger partial charge in [0.1, 0.15) is 7.05 Å². The second kappa shape index (κ2) is 6.09. The van der Waals surface area contributed by atoms with E-state index in [4.69, 9.17) is 4.98 Å². The van der Waals surface area contributed by atoms with Crippen LogP contribution in [0.4, 0.5) is 0 Å². The van der Waals surface area contributed by atoms with Crippen molar-refractivity contribution in [3.8, 4) is 22.9 Å². The first kappa shape index (κ1) is 16.5. The van der Waals surface area contributed by atoms with E-state index in [2.05, 4.69) is 102 Å². The number of aryl methyl sites for hydroxylation is 1. The zero-order valence-corrected chi connectivity index (χ0v) is 16.0. The van der Waals surface area contributed by atoms with Crippen molar-refractivity contribution in [2.75, 3.05) is 0 Å². The lowest BCUT2D eigenvalue weighted by molar-refractivity contribution is -0.789. The third-order valence-electron chi connectivity index (χ3n) is 5.12. The van der Waals surface area contributed by atoms with Crippen molar-refractivity contribution < 1.29 is 9.25 Å². The summed E-state index contributed by atoms with van der Waals surface area (Å²) in [4.78, 5) is 4.86. The van der Waals surface area contributed by atoms with Gasteiger partial charge in [-0.25, -0.2) is 4.98 Å². The van der Waals surface area contributed by atoms with E-state index in [1.807, 2.05) is 6.07 Å². The molecular formula is C21H25N5+2. The molecule has 0 bridgehead atoms. The molecule has 0 fully saturated rings. The van der Waals surface area contributed by atoms with Crippen LogP contribution in [0.3, 0.4) is 0 Å². The number of pyridine rings is 1. The van der Waals surface area contributed by atoms with E-state index in [1.165, 1.54) is 5.69 Å². The van der Waals surface area contributed by atoms with Gasteiger partial charge in [0.25, 0.3) is 0 Å². The summed E-state index contributed by atoms with van der Waals surface area (Å²) in [5, 5.41) is 0. The minimum Gasteiger partial charge on any atom is -0.322 e. The van der Waals surface area contributed by atoms with Crippen LogP contribution in [0, 0.1) is 0 Å². The van der Waals surface area contributed by atoms with Gasteiger partial charge < -0.3 is 4.57 Å². The summed E-state index contributed by atoms with van der Waals surface area (Å²) in [6, 6.07) is 17.2. The first-order valence-corrected chi connectivity index (χ1v) is 8.97. The van der Waals surface area contributed by atoms with Gasteiger partial charge in [-0.15, -0.1) is 9.36 Å². The standard InChI is InChI=1S/C21H25N5/c1-15(2)26-14-13-19(25(26)5)18-11-8-12-20(23(18)3)21-22-16-9-6-7-10-17(16)24(21)4/h6-15H,1-5H3/q+2. The average molecular weight is 347 g/mol. The third-order valence-corrected chi connectivity index (χ3v) is 5.12. The maximum Gasteiger partial charge on any atom is 0.248 e. The molecule has 0 aliphatic rings. The topological polar surface area (TPSA) is 30.5 Å². The van der Waals surface area contributed by atoms with Crippen molar-refractivity contribution in [3.63, 3.8) is 0 Å². The number of fused-ring (bicyclic) bond motifs is 1. The fraction of sp³-hybridized carbons (Fsp3) is 0.286. The fourth-order valence-corrected chi connectivity index (χ4v) is 3.69. The van der Waals surface area contributed by atoms with Gasteiger partial charge in [-0.1, -0.05) is 12.1 Å². The lowest BCUT2D eigenvalue weighted by Crippen LogP contribution is -2.44. The molecule has 0 atom stereocenters. The molecule has 5 heteroatoms. The van der Waals surface area contributed by atoms with Crippen LogP contribution in [0.5, 0.6) is 0 Å². The van der Waals surface area contributed by atoms with E-state index < -0.39 is 0 Å². The second-order valence-electron chi connectivity index (χ2n) is 7.04. The Labute approximate surface area is 153 Å². The largest absolute Gasteiger partial charge is 0.322 e. The molecule has 3 aromatic heterocycles. The molecule has 26 heavy (non-hydrogen) atoms. The van der Waals surface area contributed by atoms with E-state index in [-0.39, 0.29) is 0 Å². The van der Waals surface area contributed by atoms with E-state index in [0.717, 1.165) is 28.2 Å². The Kier molecular flexibility index (Phi) is 3.87. The molecule has 5 nitrogen and oxygen atoms in total. The van der Waals surface area contributed by atoms with Crippen molar-refractivity contribution in [2.24, 2.45) is 21.1 Å². The van der Waals surface area contributed by atoms with Crippen molar-refractivity contribution >= 4 is 11.0 Å². The summed E-state index contributed by atoms with van der Waals surface area (Å²) in [6.45, 7) is 4.39. The second-order valence-corrected chi connectivity index (χ2v) is 7.04. The molecule has 0 radical (unpaired) electrons. The quantitative estimate of drug-likeness (QED) is 0.524. The number of nitrogens with zero attached hydrogens (tertiary/aromatic N) is 5. The maximum atomic E-state index is 4.86. The normalized spacial score (nSPS) is 11.6. The highest BCUT2D eigenvalue weighted by Gasteiger charge is 2.25. The third kappa shape index (κ3) is 2.43. The summed E-state index contributed by atoms with van der Waals surface area (Å²) in [5.74, 6) is 0.974. The summed E-state index contributed by atoms with van der Waals surface area (Å²) in [6.07, 6.45) is 2.14. The van der Waals surface area contributed by atoms with Gasteiger partial charge >= 0.3 is 0 Å². The molecule has 4 rings (SSSR count). The lowest BCUT2D eigenvalue weighted by atomic mass is 10.2. The minimum absolute atomic E-state index is 0.419. The Bertz CT molecular complexity index is 1100. The first-order valence-electron chi connectivity index (χ1n) is 8.97. The molecule has 0 aliphatic carbocycles. The van der Waals surface area contributed by atoms with Crippen LogP contribution in [0.2, 0.25) is 0 Å². The zero-order valence-electron chi connectivity index (χ0n) is 16.0. The van der Waals surface area contributed by atoms with Gasteiger partial charge in [0.05, 0.1) is 18.1 Å². The van der Waals surface area contributed by atoms with Gasteiger partial charge in [-0.05, 0) is 32.0 Å². The van der Waals surface area contributed by atoms with Crippen LogP contribution in [0.15, 0.2) is 54.7 Å². The fourth-order valence-electron chi connectivity index (χ4n) is 3.69. The van der Waals surface area contributed by atoms with Crippen LogP contribution in [0.1, 0.15) is 19.9 Å². The highest BCUT2D eigenvalue weighted by Crippen LogP contribution is 2.23. The van der Waals surface area contributed by atoms with Crippen molar-refractivity contribution in [2.45, 2.75) is 19.9 Å². The van der Waals surface area contributed by atoms with E-state index >= 15 is 0 Å². The number of rotatable bonds is 3. The number of hydrogen-bond acceptors (Lipinski definition) is 1. The van der Waals surface area contributed by atoms with Crippen LogP contribution in [0.25, 0.3) is 33.9 Å². The van der Waals surface area contributed by atoms with Crippen molar-refractivity contribution in [1.82, 2.24) is 14.2 Å². The minimum atomic E-state index is 0.419. The molecule has 3 heterocycles. The zero-order chi connectivity index (χ0) is 18.4. The number of benzene rings is 1. The van der Waals surface area contributed by atoms with E-state index in [1.54, 1.807) is 0 Å². The molecule has 0 aliphatic heterocycles. The smallest absolute Gasteiger partial charge is 0.248 e. The van der Waals surface area contributed by atoms with E-state index in [9.17, 15) is 0 Å². The Morgan fingerprint density at radius 2 is 1.65 bits per heavy atom. The molecule has 0 saturated carbocycles. The Balaban J connectivity index is 1.90. The Morgan fingerprint density at radius 1 is 0.923 bits per heavy atom. The molecule has 132 valence electrons. The molecule has 4 aromatic rings. The number of aromatic nitrogens is 5. The molecule has 0 saturated heterocycles. The monoisotopic (exact) mass is 347 g/mol. The summed E-state index contributed by atoms with van der Waals surface area (Å²) >= 11 is 0. The van der Waals surface area contributed by atoms with E-state index in [0.29, 0.717) is 6.04 Å². The lowest BCUT2D eigenvalue weighted by Gasteiger charge is -2.06. The SMILES string of the molecule is CC(C)[n+]1ccc(-c2cccc(-c3nc4ccccc4n3C)[n+]2C)n1C. The summed E-state index contributed by atoms with van der Waals surface area (Å²) < 4.78 is 8.82. The van der Waals surface area contributed by atoms with Crippen molar-refractivity contribution in [1.29, 1.82) is 0 Å². The molecule has 0 N–H and O–H groups in total. The predicted molar refractivity (Wildman–Crippen MR) is 102 cm³/mol. The van der Waals surface area contributed by atoms with Gasteiger partial charge in [-0.2, -0.15) is 4.57 Å². The number of para-hydroxylation sites is 2. The first-order chi connectivity index (χ1) is 12.5. The van der Waals surface area contributed by atoms with Crippen LogP contribution in [-0.2, 0) is 21.1 Å². The highest BCUT2D eigenvalue weighted by atomic mass is 15.4. The molecule has 0 unspecified atom stereocenters. The average Bonchev–Trinajstić information content (AvgIpc) is 3.16. The van der Waals surface area contributed by atoms with Crippen molar-refractivity contribution in [3.05, 3.63) is 54.7 Å². The molecular weight excluding hydrogens is 322 g/mol. The predicted octanol–water partition coefficient (Wildman–Crippen LogP) is 2.94. The number of hydrogen-bond donors (Lipinski definition) is 0. The molecule has 0 spiro atoms. The highest BCUT2D eigenvalue weighted by molar-refractivity contribution is 5.79. The van der Waals surface area contributed by atoms with Crippen LogP contribution < -0.4 is 9.25 Å². The van der Waals surface area contributed by atoms with Crippen LogP contribution >= 0.6 is 0 Å². The number of imidazole rings is 1. The van der Waals surface area contributed by atoms with Gasteiger partial charge in [0.15, 0.2) is 17.9 Å². The Morgan fingerprint density at radius 3 is 2.35 bits per heavy atom. The van der Waals surface area contributed by atoms with Gasteiger partial charge in [0.2, 0.25) is 17.2 Å². The van der Waals surface area contributed by atoms with Gasteiger partial charge in [-0.3, -0.25) is 0 Å². The molecule has 0 amide bonds. The summed E-state index contributed by atoms with van der Waals surface area (Å²) in [5.41, 5.74) is 5.60. The summed E-state index contributed by atoms with van der Waals surface area (Å²) in [7, 11) is 6.29. The molecule has 1 aromatic carbocycles. The maximum absolute atomic E-state index is 4.86. The van der Waals surface area contributed by atoms with Gasteiger partial charge in [0, 0.05) is 25.2 Å². The Hall–Kier alpha value is -2.95.